The van der Waals surface area contributed by atoms with E-state index in [0.29, 0.717) is 0 Å². The van der Waals surface area contributed by atoms with Gasteiger partial charge in [0, 0.05) is 26.1 Å². The largest absolute Gasteiger partial charge is 0.370 e. The first-order chi connectivity index (χ1) is 16.4. The Morgan fingerprint density at radius 2 is 1.32 bits per heavy atom. The molecule has 2 atom stereocenters. The molecule has 0 aromatic carbocycles. The van der Waals surface area contributed by atoms with Crippen molar-refractivity contribution in [1.29, 1.82) is 0 Å². The number of unbranched alkanes of at least 4 members (excludes halogenated alkanes) is 6. The lowest BCUT2D eigenvalue weighted by molar-refractivity contribution is -0.203. The van der Waals surface area contributed by atoms with E-state index in [9.17, 15) is 0 Å². The predicted molar refractivity (Wildman–Crippen MR) is 150 cm³/mol. The topological polar surface area (TPSA) is 60.1 Å². The monoisotopic (exact) mass is 480 g/mol. The van der Waals surface area contributed by atoms with E-state index >= 15 is 0 Å². The molecule has 1 aliphatic heterocycles. The average molecular weight is 481 g/mol. The standard InChI is InChI=1S/C28H60N6/c1-8-14-20-27(30-22-16-10-3)31-26(29)33(24-18-12-5)28(21-15-9-2,32(7)23-17-11-4)34(27)25-19-13-6/h30H,8-25H2,1-7H3,(H2,29,31). The van der Waals surface area contributed by atoms with Crippen LogP contribution in [-0.2, 0) is 0 Å². The van der Waals surface area contributed by atoms with Crippen LogP contribution in [-0.4, -0.2) is 65.5 Å². The molecule has 0 aromatic rings. The minimum Gasteiger partial charge on any atom is -0.370 e. The van der Waals surface area contributed by atoms with Gasteiger partial charge in [-0.05, 0) is 58.5 Å². The number of hydrogen-bond acceptors (Lipinski definition) is 6. The summed E-state index contributed by atoms with van der Waals surface area (Å²) >= 11 is 0. The second kappa shape index (κ2) is 16.8. The maximum Gasteiger partial charge on any atom is 0.196 e. The number of nitrogens with zero attached hydrogens (tertiary/aromatic N) is 4. The summed E-state index contributed by atoms with van der Waals surface area (Å²) in [4.78, 5) is 13.3. The number of hydrogen-bond donors (Lipinski definition) is 2. The van der Waals surface area contributed by atoms with Crippen molar-refractivity contribution in [2.75, 3.05) is 33.2 Å². The smallest absolute Gasteiger partial charge is 0.196 e. The molecular weight excluding hydrogens is 420 g/mol. The van der Waals surface area contributed by atoms with E-state index in [-0.39, 0.29) is 5.79 Å². The molecule has 0 aliphatic carbocycles. The molecule has 6 nitrogen and oxygen atoms in total. The average Bonchev–Trinajstić information content (AvgIpc) is 2.83. The third kappa shape index (κ3) is 7.83. The van der Waals surface area contributed by atoms with Gasteiger partial charge in [-0.3, -0.25) is 10.2 Å². The first-order valence-electron chi connectivity index (χ1n) is 14.8. The van der Waals surface area contributed by atoms with Crippen molar-refractivity contribution >= 4 is 5.96 Å². The lowest BCUT2D eigenvalue weighted by Crippen LogP contribution is -2.81. The molecule has 0 bridgehead atoms. The highest BCUT2D eigenvalue weighted by molar-refractivity contribution is 5.80. The number of aliphatic imine (C=N–C) groups is 1. The van der Waals surface area contributed by atoms with Crippen LogP contribution in [0.15, 0.2) is 4.99 Å². The zero-order valence-corrected chi connectivity index (χ0v) is 24.1. The van der Waals surface area contributed by atoms with Crippen LogP contribution in [0.2, 0.25) is 0 Å². The van der Waals surface area contributed by atoms with Gasteiger partial charge in [-0.1, -0.05) is 80.1 Å². The molecule has 1 rings (SSSR count). The summed E-state index contributed by atoms with van der Waals surface area (Å²) in [6, 6.07) is 0. The summed E-state index contributed by atoms with van der Waals surface area (Å²) in [5, 5.41) is 3.98. The second-order valence-electron chi connectivity index (χ2n) is 10.3. The van der Waals surface area contributed by atoms with E-state index < -0.39 is 5.79 Å². The Balaban J connectivity index is 3.77. The Hall–Kier alpha value is -0.850. The number of nitrogens with one attached hydrogen (secondary N) is 1. The molecule has 1 heterocycles. The summed E-state index contributed by atoms with van der Waals surface area (Å²) in [5.74, 6) is 0.0658. The zero-order valence-electron chi connectivity index (χ0n) is 24.1. The van der Waals surface area contributed by atoms with Crippen LogP contribution >= 0.6 is 0 Å². The summed E-state index contributed by atoms with van der Waals surface area (Å²) in [5.41, 5.74) is 6.96. The number of guanidine groups is 1. The van der Waals surface area contributed by atoms with E-state index in [1.807, 2.05) is 0 Å². The second-order valence-corrected chi connectivity index (χ2v) is 10.3. The van der Waals surface area contributed by atoms with Crippen molar-refractivity contribution in [2.45, 2.75) is 143 Å². The molecule has 0 saturated carbocycles. The fraction of sp³-hybridized carbons (Fsp3) is 0.964. The van der Waals surface area contributed by atoms with Crippen LogP contribution in [0.25, 0.3) is 0 Å². The maximum atomic E-state index is 6.96. The SMILES string of the molecule is CCCCNC1(CCCC)N=C(N)N(CCCC)C(CCCC)(N(C)CCCC)N1CCCC. The molecule has 3 N–H and O–H groups in total. The predicted octanol–water partition coefficient (Wildman–Crippen LogP) is 6.33. The quantitative estimate of drug-likeness (QED) is 0.199. The molecule has 34 heavy (non-hydrogen) atoms. The van der Waals surface area contributed by atoms with Crippen molar-refractivity contribution in [3.63, 3.8) is 0 Å². The van der Waals surface area contributed by atoms with Gasteiger partial charge in [-0.2, -0.15) is 0 Å². The molecule has 0 saturated heterocycles. The highest BCUT2D eigenvalue weighted by Gasteiger charge is 2.56. The highest BCUT2D eigenvalue weighted by Crippen LogP contribution is 2.41. The normalized spacial score (nSPS) is 23.6. The molecule has 0 radical (unpaired) electrons. The van der Waals surface area contributed by atoms with Crippen molar-refractivity contribution in [2.24, 2.45) is 10.7 Å². The lowest BCUT2D eigenvalue weighted by Gasteiger charge is -2.63. The van der Waals surface area contributed by atoms with Gasteiger partial charge >= 0.3 is 0 Å². The summed E-state index contributed by atoms with van der Waals surface area (Å²) in [7, 11) is 2.35. The Bertz CT molecular complexity index is 553. The van der Waals surface area contributed by atoms with Gasteiger partial charge < -0.3 is 10.6 Å². The number of rotatable bonds is 20. The van der Waals surface area contributed by atoms with Gasteiger partial charge in [-0.15, -0.1) is 0 Å². The molecule has 6 heteroatoms. The molecule has 2 unspecified atom stereocenters. The van der Waals surface area contributed by atoms with Gasteiger partial charge in [0.15, 0.2) is 17.5 Å². The Morgan fingerprint density at radius 3 is 1.91 bits per heavy atom. The van der Waals surface area contributed by atoms with Crippen molar-refractivity contribution in [3.8, 4) is 0 Å². The summed E-state index contributed by atoms with van der Waals surface area (Å²) < 4.78 is 0. The van der Waals surface area contributed by atoms with Gasteiger partial charge in [0.1, 0.15) is 0 Å². The van der Waals surface area contributed by atoms with Gasteiger partial charge in [0.2, 0.25) is 0 Å². The molecule has 0 fully saturated rings. The van der Waals surface area contributed by atoms with Gasteiger partial charge in [-0.25, -0.2) is 9.89 Å². The van der Waals surface area contributed by atoms with Crippen molar-refractivity contribution in [1.82, 2.24) is 20.0 Å². The van der Waals surface area contributed by atoms with Gasteiger partial charge in [0.05, 0.1) is 0 Å². The minimum atomic E-state index is -0.429. The van der Waals surface area contributed by atoms with Crippen LogP contribution in [0.5, 0.6) is 0 Å². The van der Waals surface area contributed by atoms with Crippen molar-refractivity contribution in [3.05, 3.63) is 0 Å². The minimum absolute atomic E-state index is 0.242. The molecule has 1 aliphatic rings. The fourth-order valence-corrected chi connectivity index (χ4v) is 5.39. The van der Waals surface area contributed by atoms with E-state index in [1.54, 1.807) is 0 Å². The Morgan fingerprint density at radius 1 is 0.765 bits per heavy atom. The first-order valence-corrected chi connectivity index (χ1v) is 14.8. The summed E-state index contributed by atoms with van der Waals surface area (Å²) in [6.45, 7) is 17.8. The van der Waals surface area contributed by atoms with Crippen molar-refractivity contribution < 1.29 is 0 Å². The number of nitrogens with two attached hydrogens (primary N) is 1. The lowest BCUT2D eigenvalue weighted by atomic mass is 9.96. The molecule has 0 spiro atoms. The fourth-order valence-electron chi connectivity index (χ4n) is 5.39. The van der Waals surface area contributed by atoms with E-state index in [4.69, 9.17) is 10.7 Å². The van der Waals surface area contributed by atoms with Crippen LogP contribution in [0.4, 0.5) is 0 Å². The Kier molecular flexibility index (Phi) is 15.4. The van der Waals surface area contributed by atoms with Crippen LogP contribution in [0.3, 0.4) is 0 Å². The molecular formula is C28H60N6. The molecule has 202 valence electrons. The molecule has 0 aromatic heterocycles. The summed E-state index contributed by atoms with van der Waals surface area (Å²) in [6.07, 6.45) is 16.2. The van der Waals surface area contributed by atoms with Crippen LogP contribution in [0, 0.1) is 0 Å². The van der Waals surface area contributed by atoms with E-state index in [0.717, 1.165) is 70.7 Å². The maximum absolute atomic E-state index is 6.96. The Labute approximate surface area is 213 Å². The van der Waals surface area contributed by atoms with Gasteiger partial charge in [0.25, 0.3) is 0 Å². The van der Waals surface area contributed by atoms with E-state index in [1.165, 1.54) is 51.4 Å². The van der Waals surface area contributed by atoms with Crippen LogP contribution < -0.4 is 11.1 Å². The first kappa shape index (κ1) is 31.2. The third-order valence-electron chi connectivity index (χ3n) is 7.50. The molecule has 0 amide bonds. The third-order valence-corrected chi connectivity index (χ3v) is 7.50. The van der Waals surface area contributed by atoms with Crippen LogP contribution in [0.1, 0.15) is 131 Å². The zero-order chi connectivity index (χ0) is 25.5. The highest BCUT2D eigenvalue weighted by atomic mass is 15.7. The van der Waals surface area contributed by atoms with E-state index in [2.05, 4.69) is 68.6 Å².